The normalized spacial score (nSPS) is 22.2. The summed E-state index contributed by atoms with van der Waals surface area (Å²) in [6.45, 7) is 8.18. The molecule has 0 saturated heterocycles. The Morgan fingerprint density at radius 3 is 2.92 bits per heavy atom. The summed E-state index contributed by atoms with van der Waals surface area (Å²) in [6.07, 6.45) is 10.5. The summed E-state index contributed by atoms with van der Waals surface area (Å²) < 4.78 is 0. The molecule has 0 aromatic heterocycles. The molecule has 0 heteroatoms. The molecule has 0 bridgehead atoms. The Hall–Kier alpha value is -0.780. The number of rotatable bonds is 3. The molecule has 0 saturated carbocycles. The Bertz CT molecular complexity index is 218. The molecule has 0 aromatic carbocycles. The lowest BCUT2D eigenvalue weighted by molar-refractivity contribution is 0.590. The van der Waals surface area contributed by atoms with Gasteiger partial charge in [0, 0.05) is 0 Å². The van der Waals surface area contributed by atoms with Gasteiger partial charge in [0.1, 0.15) is 0 Å². The van der Waals surface area contributed by atoms with Crippen LogP contribution in [0.4, 0.5) is 0 Å². The first-order valence-electron chi connectivity index (χ1n) is 4.68. The lowest BCUT2D eigenvalue weighted by Gasteiger charge is -2.14. The molecular weight excluding hydrogens is 144 g/mol. The molecule has 1 rings (SSSR count). The monoisotopic (exact) mass is 162 g/mol. The largest absolute Gasteiger partial charge is 0.100 e. The van der Waals surface area contributed by atoms with Crippen molar-refractivity contribution in [3.05, 3.63) is 36.0 Å². The zero-order valence-corrected chi connectivity index (χ0v) is 8.14. The fraction of sp³-hybridized carbons (Fsp3) is 0.500. The van der Waals surface area contributed by atoms with Gasteiger partial charge in [-0.15, -0.1) is 6.58 Å². The molecule has 0 aliphatic heterocycles. The molecular formula is C12H18. The van der Waals surface area contributed by atoms with Crippen molar-refractivity contribution in [1.29, 1.82) is 0 Å². The molecule has 0 nitrogen and oxygen atoms in total. The first-order valence-corrected chi connectivity index (χ1v) is 4.68. The zero-order chi connectivity index (χ0) is 8.97. The van der Waals surface area contributed by atoms with Gasteiger partial charge in [-0.3, -0.25) is 0 Å². The van der Waals surface area contributed by atoms with Crippen LogP contribution in [0.5, 0.6) is 0 Å². The molecule has 0 fully saturated rings. The van der Waals surface area contributed by atoms with E-state index in [4.69, 9.17) is 0 Å². The van der Waals surface area contributed by atoms with Crippen molar-refractivity contribution in [2.45, 2.75) is 33.1 Å². The first kappa shape index (κ1) is 9.31. The van der Waals surface area contributed by atoms with E-state index in [1.807, 2.05) is 0 Å². The van der Waals surface area contributed by atoms with E-state index in [1.54, 1.807) is 0 Å². The van der Waals surface area contributed by atoms with Crippen LogP contribution in [0, 0.1) is 5.92 Å². The number of allylic oxidation sites excluding steroid dienone is 5. The highest BCUT2D eigenvalue weighted by Crippen LogP contribution is 2.21. The summed E-state index contributed by atoms with van der Waals surface area (Å²) in [4.78, 5) is 0. The molecule has 0 radical (unpaired) electrons. The minimum atomic E-state index is 0.755. The van der Waals surface area contributed by atoms with E-state index in [2.05, 4.69) is 38.7 Å². The summed E-state index contributed by atoms with van der Waals surface area (Å²) in [5.41, 5.74) is 2.70. The van der Waals surface area contributed by atoms with E-state index in [0.717, 1.165) is 5.92 Å². The van der Waals surface area contributed by atoms with Crippen molar-refractivity contribution in [3.63, 3.8) is 0 Å². The van der Waals surface area contributed by atoms with Crippen molar-refractivity contribution >= 4 is 0 Å². The minimum absolute atomic E-state index is 0.755. The van der Waals surface area contributed by atoms with Crippen LogP contribution >= 0.6 is 0 Å². The fourth-order valence-corrected chi connectivity index (χ4v) is 1.42. The van der Waals surface area contributed by atoms with E-state index in [0.29, 0.717) is 0 Å². The van der Waals surface area contributed by atoms with Crippen LogP contribution in [-0.4, -0.2) is 0 Å². The van der Waals surface area contributed by atoms with E-state index in [9.17, 15) is 0 Å². The van der Waals surface area contributed by atoms with E-state index in [-0.39, 0.29) is 0 Å². The molecule has 1 aliphatic carbocycles. The van der Waals surface area contributed by atoms with Crippen LogP contribution in [0.1, 0.15) is 33.1 Å². The molecule has 0 amide bonds. The van der Waals surface area contributed by atoms with Crippen LogP contribution in [-0.2, 0) is 0 Å². The van der Waals surface area contributed by atoms with Crippen LogP contribution in [0.3, 0.4) is 0 Å². The van der Waals surface area contributed by atoms with Gasteiger partial charge >= 0.3 is 0 Å². The minimum Gasteiger partial charge on any atom is -0.100 e. The topological polar surface area (TPSA) is 0 Å². The summed E-state index contributed by atoms with van der Waals surface area (Å²) in [5, 5.41) is 0. The van der Waals surface area contributed by atoms with Crippen molar-refractivity contribution in [2.24, 2.45) is 5.92 Å². The maximum absolute atomic E-state index is 3.91. The number of hydrogen-bond donors (Lipinski definition) is 0. The highest BCUT2D eigenvalue weighted by Gasteiger charge is 2.06. The Kier molecular flexibility index (Phi) is 3.33. The second-order valence-electron chi connectivity index (χ2n) is 3.80. The lowest BCUT2D eigenvalue weighted by atomic mass is 9.92. The van der Waals surface area contributed by atoms with Crippen LogP contribution in [0.25, 0.3) is 0 Å². The third kappa shape index (κ3) is 3.08. The zero-order valence-electron chi connectivity index (χ0n) is 8.14. The molecule has 0 aromatic rings. The molecule has 1 atom stereocenters. The summed E-state index contributed by atoms with van der Waals surface area (Å²) in [7, 11) is 0. The van der Waals surface area contributed by atoms with E-state index >= 15 is 0 Å². The lowest BCUT2D eigenvalue weighted by Crippen LogP contribution is -1.98. The van der Waals surface area contributed by atoms with Gasteiger partial charge in [-0.2, -0.15) is 0 Å². The summed E-state index contributed by atoms with van der Waals surface area (Å²) in [5.74, 6) is 0.755. The van der Waals surface area contributed by atoms with E-state index < -0.39 is 0 Å². The average molecular weight is 162 g/mol. The predicted molar refractivity (Wildman–Crippen MR) is 55.1 cm³/mol. The summed E-state index contributed by atoms with van der Waals surface area (Å²) in [6, 6.07) is 0. The fourth-order valence-electron chi connectivity index (χ4n) is 1.42. The quantitative estimate of drug-likeness (QED) is 0.553. The van der Waals surface area contributed by atoms with Crippen LogP contribution in [0.2, 0.25) is 0 Å². The third-order valence-corrected chi connectivity index (χ3v) is 2.32. The van der Waals surface area contributed by atoms with Crippen LogP contribution < -0.4 is 0 Å². The second-order valence-corrected chi connectivity index (χ2v) is 3.80. The molecule has 0 heterocycles. The maximum atomic E-state index is 3.91. The third-order valence-electron chi connectivity index (χ3n) is 2.32. The Balaban J connectivity index is 2.29. The number of hydrogen-bond acceptors (Lipinski definition) is 0. The first-order chi connectivity index (χ1) is 5.68. The van der Waals surface area contributed by atoms with Gasteiger partial charge in [-0.05, 0) is 39.0 Å². The van der Waals surface area contributed by atoms with Crippen molar-refractivity contribution in [3.8, 4) is 0 Å². The van der Waals surface area contributed by atoms with Crippen molar-refractivity contribution < 1.29 is 0 Å². The predicted octanol–water partition coefficient (Wildman–Crippen LogP) is 3.87. The van der Waals surface area contributed by atoms with E-state index in [1.165, 1.54) is 30.4 Å². The summed E-state index contributed by atoms with van der Waals surface area (Å²) >= 11 is 0. The van der Waals surface area contributed by atoms with Gasteiger partial charge in [-0.25, -0.2) is 0 Å². The Morgan fingerprint density at radius 2 is 2.42 bits per heavy atom. The smallest absolute Gasteiger partial charge is 0.0192 e. The van der Waals surface area contributed by atoms with Crippen molar-refractivity contribution in [1.82, 2.24) is 0 Å². The van der Waals surface area contributed by atoms with Gasteiger partial charge < -0.3 is 0 Å². The molecule has 66 valence electrons. The molecule has 12 heavy (non-hydrogen) atoms. The van der Waals surface area contributed by atoms with Gasteiger partial charge in [0.2, 0.25) is 0 Å². The molecule has 1 aliphatic rings. The van der Waals surface area contributed by atoms with Crippen LogP contribution in [0.15, 0.2) is 36.0 Å². The Morgan fingerprint density at radius 1 is 1.67 bits per heavy atom. The molecule has 0 N–H and O–H groups in total. The van der Waals surface area contributed by atoms with Gasteiger partial charge in [0.15, 0.2) is 0 Å². The van der Waals surface area contributed by atoms with Gasteiger partial charge in [0.05, 0.1) is 0 Å². The van der Waals surface area contributed by atoms with Crippen molar-refractivity contribution in [2.75, 3.05) is 0 Å². The maximum Gasteiger partial charge on any atom is -0.0192 e. The second kappa shape index (κ2) is 4.30. The highest BCUT2D eigenvalue weighted by atomic mass is 14.1. The molecule has 0 spiro atoms. The molecule has 1 unspecified atom stereocenters. The average Bonchev–Trinajstić information content (AvgIpc) is 2.03. The SMILES string of the molecule is C=C(C)CCC1C=CC(C)=CC1. The Labute approximate surface area is 75.7 Å². The van der Waals surface area contributed by atoms with Gasteiger partial charge in [-0.1, -0.05) is 29.4 Å². The highest BCUT2D eigenvalue weighted by molar-refractivity contribution is 5.21. The standard InChI is InChI=1S/C12H18/c1-10(2)4-7-12-8-5-11(3)6-9-12/h5-6,8,12H,1,4,7,9H2,2-3H3. The van der Waals surface area contributed by atoms with Gasteiger partial charge in [0.25, 0.3) is 0 Å².